The molecule has 0 saturated heterocycles. The predicted octanol–water partition coefficient (Wildman–Crippen LogP) is 4.50. The highest BCUT2D eigenvalue weighted by Gasteiger charge is 2.24. The summed E-state index contributed by atoms with van der Waals surface area (Å²) in [6.07, 6.45) is 1.57. The van der Waals surface area contributed by atoms with Gasteiger partial charge in [0.15, 0.2) is 0 Å². The van der Waals surface area contributed by atoms with Gasteiger partial charge < -0.3 is 19.3 Å². The first kappa shape index (κ1) is 23.3. The van der Waals surface area contributed by atoms with E-state index in [1.165, 1.54) is 0 Å². The molecule has 176 valence electrons. The first-order valence-electron chi connectivity index (χ1n) is 11.1. The molecule has 1 atom stereocenters. The summed E-state index contributed by atoms with van der Waals surface area (Å²) in [7, 11) is 0. The van der Waals surface area contributed by atoms with Crippen LogP contribution >= 0.6 is 0 Å². The van der Waals surface area contributed by atoms with Crippen molar-refractivity contribution in [1.29, 1.82) is 0 Å². The lowest BCUT2D eigenvalue weighted by atomic mass is 9.86. The first-order chi connectivity index (χ1) is 16.0. The normalized spacial score (nSPS) is 12.7. The number of rotatable bonds is 6. The third kappa shape index (κ3) is 4.59. The smallest absolute Gasteiger partial charge is 0.340 e. The minimum atomic E-state index is -1.14. The SMILES string of the molecule is Cc1c(CC(=O)N[C@H](Cc2ccccc2)C(=O)O)c(=O)oc2cc3occ(C(C)(C)C)c3cc12. The Morgan fingerprint density at radius 2 is 1.76 bits per heavy atom. The molecule has 4 aromatic rings. The van der Waals surface area contributed by atoms with E-state index in [-0.39, 0.29) is 23.8 Å². The Labute approximate surface area is 196 Å². The number of benzene rings is 2. The van der Waals surface area contributed by atoms with Gasteiger partial charge in [0.1, 0.15) is 17.2 Å². The van der Waals surface area contributed by atoms with Gasteiger partial charge in [-0.05, 0) is 29.5 Å². The number of aliphatic carboxylic acids is 1. The zero-order chi connectivity index (χ0) is 24.6. The number of hydrogen-bond donors (Lipinski definition) is 2. The van der Waals surface area contributed by atoms with Crippen molar-refractivity contribution in [3.63, 3.8) is 0 Å². The molecule has 2 N–H and O–H groups in total. The summed E-state index contributed by atoms with van der Waals surface area (Å²) in [6.45, 7) is 8.03. The zero-order valence-corrected chi connectivity index (χ0v) is 19.6. The van der Waals surface area contributed by atoms with Crippen molar-refractivity contribution in [1.82, 2.24) is 5.32 Å². The van der Waals surface area contributed by atoms with Crippen LogP contribution in [0, 0.1) is 6.92 Å². The van der Waals surface area contributed by atoms with Crippen LogP contribution in [-0.2, 0) is 27.8 Å². The summed E-state index contributed by atoms with van der Waals surface area (Å²) in [5.41, 5.74) is 2.87. The van der Waals surface area contributed by atoms with Crippen LogP contribution in [-0.4, -0.2) is 23.0 Å². The van der Waals surface area contributed by atoms with E-state index in [0.717, 1.165) is 16.5 Å². The molecule has 0 aliphatic heterocycles. The van der Waals surface area contributed by atoms with Crippen molar-refractivity contribution >= 4 is 33.8 Å². The van der Waals surface area contributed by atoms with Gasteiger partial charge in [-0.1, -0.05) is 51.1 Å². The van der Waals surface area contributed by atoms with Crippen LogP contribution in [0.3, 0.4) is 0 Å². The van der Waals surface area contributed by atoms with Crippen molar-refractivity contribution in [2.24, 2.45) is 0 Å². The molecule has 0 fully saturated rings. The van der Waals surface area contributed by atoms with E-state index in [9.17, 15) is 19.5 Å². The molecule has 0 bridgehead atoms. The molecule has 0 radical (unpaired) electrons. The Bertz CT molecular complexity index is 1440. The summed E-state index contributed by atoms with van der Waals surface area (Å²) >= 11 is 0. The molecule has 0 spiro atoms. The maximum Gasteiger partial charge on any atom is 0.340 e. The molecule has 34 heavy (non-hydrogen) atoms. The van der Waals surface area contributed by atoms with Gasteiger partial charge in [0.2, 0.25) is 5.91 Å². The van der Waals surface area contributed by atoms with Crippen molar-refractivity contribution < 1.29 is 23.5 Å². The van der Waals surface area contributed by atoms with Gasteiger partial charge in [0.25, 0.3) is 0 Å². The number of carboxylic acid groups (broad SMARTS) is 1. The van der Waals surface area contributed by atoms with Crippen molar-refractivity contribution in [2.45, 2.75) is 52.0 Å². The number of amides is 1. The molecule has 2 aromatic heterocycles. The number of hydrogen-bond acceptors (Lipinski definition) is 5. The van der Waals surface area contributed by atoms with Crippen molar-refractivity contribution in [3.05, 3.63) is 81.4 Å². The third-order valence-corrected chi connectivity index (χ3v) is 6.04. The van der Waals surface area contributed by atoms with Gasteiger partial charge >= 0.3 is 11.6 Å². The van der Waals surface area contributed by atoms with Crippen molar-refractivity contribution in [2.75, 3.05) is 0 Å². The molecule has 7 heteroatoms. The Balaban J connectivity index is 1.65. The zero-order valence-electron chi connectivity index (χ0n) is 19.6. The topological polar surface area (TPSA) is 110 Å². The maximum absolute atomic E-state index is 12.7. The van der Waals surface area contributed by atoms with Gasteiger partial charge in [-0.2, -0.15) is 0 Å². The number of carbonyl (C=O) groups is 2. The van der Waals surface area contributed by atoms with E-state index >= 15 is 0 Å². The highest BCUT2D eigenvalue weighted by molar-refractivity contribution is 5.97. The minimum Gasteiger partial charge on any atom is -0.480 e. The van der Waals surface area contributed by atoms with Crippen LogP contribution in [0.2, 0.25) is 0 Å². The molecule has 0 aliphatic rings. The molecule has 0 unspecified atom stereocenters. The largest absolute Gasteiger partial charge is 0.480 e. The predicted molar refractivity (Wildman–Crippen MR) is 129 cm³/mol. The van der Waals surface area contributed by atoms with E-state index < -0.39 is 23.5 Å². The monoisotopic (exact) mass is 461 g/mol. The van der Waals surface area contributed by atoms with Gasteiger partial charge in [-0.3, -0.25) is 4.79 Å². The molecule has 0 aliphatic carbocycles. The van der Waals surface area contributed by atoms with Crippen molar-refractivity contribution in [3.8, 4) is 0 Å². The number of nitrogens with one attached hydrogen (secondary N) is 1. The second kappa shape index (κ2) is 8.82. The molecular formula is C27H27NO6. The van der Waals surface area contributed by atoms with Gasteiger partial charge in [0.05, 0.1) is 18.2 Å². The number of carboxylic acids is 1. The van der Waals surface area contributed by atoms with Crippen LogP contribution < -0.4 is 10.9 Å². The lowest BCUT2D eigenvalue weighted by Crippen LogP contribution is -2.43. The van der Waals surface area contributed by atoms with Gasteiger partial charge in [0, 0.05) is 28.8 Å². The first-order valence-corrected chi connectivity index (χ1v) is 11.1. The van der Waals surface area contributed by atoms with E-state index in [0.29, 0.717) is 22.1 Å². The fourth-order valence-electron chi connectivity index (χ4n) is 4.15. The van der Waals surface area contributed by atoms with E-state index in [1.807, 2.05) is 24.3 Å². The quantitative estimate of drug-likeness (QED) is 0.409. The second-order valence-electron chi connectivity index (χ2n) is 9.56. The highest BCUT2D eigenvalue weighted by Crippen LogP contribution is 2.35. The summed E-state index contributed by atoms with van der Waals surface area (Å²) in [6, 6.07) is 11.6. The third-order valence-electron chi connectivity index (χ3n) is 6.04. The Kier molecular flexibility index (Phi) is 6.04. The van der Waals surface area contributed by atoms with E-state index in [1.54, 1.807) is 31.4 Å². The van der Waals surface area contributed by atoms with Crippen LogP contribution in [0.4, 0.5) is 0 Å². The average molecular weight is 462 g/mol. The lowest BCUT2D eigenvalue weighted by Gasteiger charge is -2.17. The van der Waals surface area contributed by atoms with Crippen LogP contribution in [0.15, 0.2) is 62.4 Å². The van der Waals surface area contributed by atoms with E-state index in [4.69, 9.17) is 8.83 Å². The van der Waals surface area contributed by atoms with Crippen LogP contribution in [0.25, 0.3) is 21.9 Å². The minimum absolute atomic E-state index is 0.140. The Morgan fingerprint density at radius 1 is 1.06 bits per heavy atom. The molecule has 4 rings (SSSR count). The average Bonchev–Trinajstić information content (AvgIpc) is 3.19. The Hall–Kier alpha value is -3.87. The molecule has 0 saturated carbocycles. The second-order valence-corrected chi connectivity index (χ2v) is 9.56. The molecular weight excluding hydrogens is 434 g/mol. The summed E-state index contributed by atoms with van der Waals surface area (Å²) in [5, 5.41) is 13.7. The molecule has 2 heterocycles. The van der Waals surface area contributed by atoms with Gasteiger partial charge in [-0.15, -0.1) is 0 Å². The van der Waals surface area contributed by atoms with Crippen LogP contribution in [0.5, 0.6) is 0 Å². The highest BCUT2D eigenvalue weighted by atomic mass is 16.4. The molecule has 2 aromatic carbocycles. The fourth-order valence-corrected chi connectivity index (χ4v) is 4.15. The standard InChI is InChI=1S/C27H27NO6/c1-15-17-11-19-20(27(2,3)4)14-33-22(19)13-23(17)34-26(32)18(15)12-24(29)28-21(25(30)31)10-16-8-6-5-7-9-16/h5-9,11,13-14,21H,10,12H2,1-4H3,(H,28,29)(H,30,31)/t21-/m1/s1. The fraction of sp³-hybridized carbons (Fsp3) is 0.296. The Morgan fingerprint density at radius 3 is 2.41 bits per heavy atom. The number of carbonyl (C=O) groups excluding carboxylic acids is 1. The van der Waals surface area contributed by atoms with E-state index in [2.05, 4.69) is 26.1 Å². The summed E-state index contributed by atoms with van der Waals surface area (Å²) < 4.78 is 11.2. The van der Waals surface area contributed by atoms with Crippen LogP contribution in [0.1, 0.15) is 43.0 Å². The maximum atomic E-state index is 12.7. The lowest BCUT2D eigenvalue weighted by molar-refractivity contribution is -0.141. The number of aryl methyl sites for hydroxylation is 1. The number of fused-ring (bicyclic) bond motifs is 2. The summed E-state index contributed by atoms with van der Waals surface area (Å²) in [4.78, 5) is 37.2. The summed E-state index contributed by atoms with van der Waals surface area (Å²) in [5.74, 6) is -1.70. The molecule has 1 amide bonds. The molecule has 7 nitrogen and oxygen atoms in total. The van der Waals surface area contributed by atoms with Gasteiger partial charge in [-0.25, -0.2) is 9.59 Å². The number of furan rings is 1.